The minimum Gasteiger partial charge on any atom is -0.348 e. The molecule has 176 valence electrons. The van der Waals surface area contributed by atoms with Gasteiger partial charge >= 0.3 is 12.4 Å². The molecule has 0 saturated carbocycles. The highest BCUT2D eigenvalue weighted by Crippen LogP contribution is 2.61. The van der Waals surface area contributed by atoms with Gasteiger partial charge in [0.05, 0.1) is 24.0 Å². The maximum Gasteiger partial charge on any atom is 0.418 e. The van der Waals surface area contributed by atoms with Gasteiger partial charge in [-0.1, -0.05) is 39.0 Å². The molecule has 33 heavy (non-hydrogen) atoms. The summed E-state index contributed by atoms with van der Waals surface area (Å²) in [6.07, 6.45) is -6.26. The number of hydrogen-bond acceptors (Lipinski definition) is 2. The summed E-state index contributed by atoms with van der Waals surface area (Å²) >= 11 is 0. The zero-order chi connectivity index (χ0) is 24.5. The molecule has 10 heteroatoms. The summed E-state index contributed by atoms with van der Waals surface area (Å²) in [7, 11) is -3.18. The van der Waals surface area contributed by atoms with Crippen molar-refractivity contribution >= 4 is 23.9 Å². The first-order valence-corrected chi connectivity index (χ1v) is 11.6. The monoisotopic (exact) mass is 485 g/mol. The zero-order valence-corrected chi connectivity index (χ0v) is 18.9. The summed E-state index contributed by atoms with van der Waals surface area (Å²) in [5, 5.41) is 2.92. The Morgan fingerprint density at radius 1 is 0.788 bits per heavy atom. The van der Waals surface area contributed by atoms with Gasteiger partial charge in [-0.2, -0.15) is 26.3 Å². The minimum absolute atomic E-state index is 0.109. The second kappa shape index (κ2) is 8.86. The van der Waals surface area contributed by atoms with E-state index in [9.17, 15) is 26.3 Å². The van der Waals surface area contributed by atoms with Crippen LogP contribution < -0.4 is 10.4 Å². The van der Waals surface area contributed by atoms with E-state index in [1.54, 1.807) is 32.9 Å². The van der Waals surface area contributed by atoms with Crippen molar-refractivity contribution < 1.29 is 26.3 Å². The van der Waals surface area contributed by atoms with E-state index >= 15 is 0 Å². The number of alkyl halides is 6. The van der Waals surface area contributed by atoms with Crippen LogP contribution in [0.25, 0.3) is 0 Å². The number of nitrogens with zero attached hydrogens (tertiary/aromatic N) is 2. The van der Waals surface area contributed by atoms with Crippen LogP contribution in [0.4, 0.5) is 37.7 Å². The molecular weight excluding hydrogens is 463 g/mol. The molecule has 1 aromatic heterocycles. The standard InChI is InChI=1S/C23H22F6N3P/c1-21(2,3)33(18-11-13-30-14-12-18,31-17-8-6-7-16(15-17)22(24,25)26)32-20-10-5-4-9-19(20)23(27,28)29/h4-15,31H,1-3H3. The summed E-state index contributed by atoms with van der Waals surface area (Å²) in [6.45, 7) is 5.38. The van der Waals surface area contributed by atoms with E-state index in [4.69, 9.17) is 0 Å². The van der Waals surface area contributed by atoms with E-state index in [1.165, 1.54) is 42.7 Å². The van der Waals surface area contributed by atoms with Gasteiger partial charge in [0.15, 0.2) is 0 Å². The number of nitrogens with one attached hydrogen (secondary N) is 1. The molecule has 1 atom stereocenters. The van der Waals surface area contributed by atoms with Gasteiger partial charge in [-0.25, -0.2) is 4.74 Å². The first-order valence-electron chi connectivity index (χ1n) is 9.89. The first-order chi connectivity index (χ1) is 15.2. The van der Waals surface area contributed by atoms with Crippen LogP contribution in [0.1, 0.15) is 31.9 Å². The van der Waals surface area contributed by atoms with Crippen LogP contribution in [0, 0.1) is 0 Å². The number of anilines is 1. The molecule has 0 bridgehead atoms. The Kier molecular flexibility index (Phi) is 6.67. The summed E-state index contributed by atoms with van der Waals surface area (Å²) in [6, 6.07) is 12.7. The molecule has 3 aromatic rings. The van der Waals surface area contributed by atoms with Gasteiger partial charge in [-0.05, 0) is 42.5 Å². The lowest BCUT2D eigenvalue weighted by Crippen LogP contribution is -2.28. The molecule has 1 heterocycles. The number of halogens is 6. The number of rotatable bonds is 4. The Morgan fingerprint density at radius 3 is 2.00 bits per heavy atom. The SMILES string of the molecule is CC(C)(C)P(=Nc1ccccc1C(F)(F)F)(Nc1cccc(C(F)(F)F)c1)c1ccncc1. The van der Waals surface area contributed by atoms with E-state index in [0.29, 0.717) is 5.30 Å². The third-order valence-corrected chi connectivity index (χ3v) is 9.04. The number of aromatic nitrogens is 1. The number of pyridine rings is 1. The summed E-state index contributed by atoms with van der Waals surface area (Å²) in [5.74, 6) is 0. The van der Waals surface area contributed by atoms with Crippen molar-refractivity contribution in [2.24, 2.45) is 4.74 Å². The molecule has 0 radical (unpaired) electrons. The van der Waals surface area contributed by atoms with Gasteiger partial charge in [0.2, 0.25) is 0 Å². The fraction of sp³-hybridized carbons (Fsp3) is 0.261. The highest BCUT2D eigenvalue weighted by Gasteiger charge is 2.39. The third-order valence-electron chi connectivity index (χ3n) is 4.96. The number of benzene rings is 2. The van der Waals surface area contributed by atoms with E-state index in [-0.39, 0.29) is 11.4 Å². The molecule has 3 nitrogen and oxygen atoms in total. The van der Waals surface area contributed by atoms with Crippen molar-refractivity contribution in [2.75, 3.05) is 5.09 Å². The van der Waals surface area contributed by atoms with E-state index in [2.05, 4.69) is 14.8 Å². The highest BCUT2D eigenvalue weighted by atomic mass is 31.2. The third kappa shape index (κ3) is 5.41. The summed E-state index contributed by atoms with van der Waals surface area (Å²) in [5.41, 5.74) is -1.97. The van der Waals surface area contributed by atoms with Crippen molar-refractivity contribution in [3.8, 4) is 0 Å². The lowest BCUT2D eigenvalue weighted by atomic mass is 10.2. The van der Waals surface area contributed by atoms with Gasteiger partial charge in [0.25, 0.3) is 0 Å². The second-order valence-corrected chi connectivity index (χ2v) is 11.9. The highest BCUT2D eigenvalue weighted by molar-refractivity contribution is 7.76. The second-order valence-electron chi connectivity index (χ2n) is 8.32. The van der Waals surface area contributed by atoms with Crippen molar-refractivity contribution in [3.63, 3.8) is 0 Å². The summed E-state index contributed by atoms with van der Waals surface area (Å²) < 4.78 is 85.8. The van der Waals surface area contributed by atoms with Crippen molar-refractivity contribution in [1.29, 1.82) is 0 Å². The van der Waals surface area contributed by atoms with Crippen LogP contribution in [0.5, 0.6) is 0 Å². The Balaban J connectivity index is 2.35. The van der Waals surface area contributed by atoms with Crippen molar-refractivity contribution in [1.82, 2.24) is 4.98 Å². The van der Waals surface area contributed by atoms with Crippen LogP contribution in [0.2, 0.25) is 0 Å². The first kappa shape index (κ1) is 24.8. The molecular formula is C23H22F6N3P. The largest absolute Gasteiger partial charge is 0.418 e. The number of hydrogen-bond donors (Lipinski definition) is 1. The fourth-order valence-electron chi connectivity index (χ4n) is 3.33. The summed E-state index contributed by atoms with van der Waals surface area (Å²) in [4.78, 5) is 3.98. The molecule has 0 aliphatic carbocycles. The molecule has 0 spiro atoms. The predicted octanol–water partition coefficient (Wildman–Crippen LogP) is 8.10. The van der Waals surface area contributed by atoms with Crippen LogP contribution >= 0.6 is 7.21 Å². The molecule has 0 saturated heterocycles. The Labute approximate surface area is 188 Å². The molecule has 2 aromatic carbocycles. The van der Waals surface area contributed by atoms with Crippen LogP contribution in [0.3, 0.4) is 0 Å². The molecule has 0 aliphatic rings. The van der Waals surface area contributed by atoms with Crippen molar-refractivity contribution in [2.45, 2.75) is 38.3 Å². The molecule has 3 rings (SSSR count). The topological polar surface area (TPSA) is 37.3 Å². The Morgan fingerprint density at radius 2 is 1.42 bits per heavy atom. The molecule has 0 amide bonds. The van der Waals surface area contributed by atoms with E-state index in [1.807, 2.05) is 0 Å². The molecule has 0 aliphatic heterocycles. The fourth-order valence-corrected chi connectivity index (χ4v) is 6.61. The Hall–Kier alpha value is -2.80. The lowest BCUT2D eigenvalue weighted by molar-refractivity contribution is -0.138. The minimum atomic E-state index is -4.65. The van der Waals surface area contributed by atoms with Crippen LogP contribution in [-0.4, -0.2) is 10.1 Å². The zero-order valence-electron chi connectivity index (χ0n) is 18.0. The maximum absolute atomic E-state index is 13.7. The van der Waals surface area contributed by atoms with Gasteiger partial charge < -0.3 is 5.09 Å². The van der Waals surface area contributed by atoms with E-state index in [0.717, 1.165) is 18.2 Å². The van der Waals surface area contributed by atoms with Crippen LogP contribution in [0.15, 0.2) is 77.8 Å². The van der Waals surface area contributed by atoms with Gasteiger partial charge in [0, 0.05) is 28.5 Å². The average molecular weight is 485 g/mol. The van der Waals surface area contributed by atoms with Crippen LogP contribution in [-0.2, 0) is 12.4 Å². The predicted molar refractivity (Wildman–Crippen MR) is 119 cm³/mol. The average Bonchev–Trinajstić information content (AvgIpc) is 2.72. The normalized spacial score (nSPS) is 14.5. The smallest absolute Gasteiger partial charge is 0.348 e. The van der Waals surface area contributed by atoms with Gasteiger partial charge in [-0.3, -0.25) is 4.98 Å². The van der Waals surface area contributed by atoms with Gasteiger partial charge in [-0.15, -0.1) is 0 Å². The Bertz CT molecular complexity index is 1170. The maximum atomic E-state index is 13.7. The van der Waals surface area contributed by atoms with Crippen molar-refractivity contribution in [3.05, 3.63) is 84.2 Å². The molecule has 1 unspecified atom stereocenters. The molecule has 1 N–H and O–H groups in total. The van der Waals surface area contributed by atoms with E-state index < -0.39 is 35.8 Å². The lowest BCUT2D eigenvalue weighted by Gasteiger charge is -2.39. The molecule has 0 fully saturated rings. The quantitative estimate of drug-likeness (QED) is 0.299. The van der Waals surface area contributed by atoms with Gasteiger partial charge in [0.1, 0.15) is 0 Å².